The second kappa shape index (κ2) is 7.38. The highest BCUT2D eigenvalue weighted by Crippen LogP contribution is 2.49. The molecule has 5 rings (SSSR count). The number of halogens is 1. The number of methoxy groups -OCH3 is 1. The van der Waals surface area contributed by atoms with E-state index in [9.17, 15) is 0 Å². The van der Waals surface area contributed by atoms with Gasteiger partial charge in [-0.05, 0) is 55.2 Å². The Bertz CT molecular complexity index is 987. The van der Waals surface area contributed by atoms with Gasteiger partial charge < -0.3 is 23.8 Å². The standard InChI is InChI=1S/C23H24ClNO4/c1-14-22-16(4-5-19(26-2)23(22)27-9-3-7-24)10-18-17-12-21-20(28-13-29-21)11-15(17)6-8-25(14)18/h4-5,10-12,14H,3,6-9,13H2,1-2H3/t14-/m0/s1. The molecule has 5 nitrogen and oxygen atoms in total. The Labute approximate surface area is 175 Å². The SMILES string of the molecule is COc1ccc2c(c1OCCCCl)[C@H](C)N1CCc3cc4c(cc3C1=C2)OCO4. The summed E-state index contributed by atoms with van der Waals surface area (Å²) >= 11 is 5.84. The largest absolute Gasteiger partial charge is 0.493 e. The van der Waals surface area contributed by atoms with Crippen molar-refractivity contribution >= 4 is 23.4 Å². The van der Waals surface area contributed by atoms with Gasteiger partial charge in [0, 0.05) is 29.2 Å². The van der Waals surface area contributed by atoms with E-state index in [1.807, 2.05) is 6.07 Å². The van der Waals surface area contributed by atoms with Crippen molar-refractivity contribution in [3.63, 3.8) is 0 Å². The first-order valence-corrected chi connectivity index (χ1v) is 10.6. The van der Waals surface area contributed by atoms with Crippen LogP contribution in [-0.2, 0) is 6.42 Å². The predicted molar refractivity (Wildman–Crippen MR) is 113 cm³/mol. The van der Waals surface area contributed by atoms with E-state index in [1.54, 1.807) is 7.11 Å². The average molecular weight is 414 g/mol. The second-order valence-corrected chi connectivity index (χ2v) is 7.88. The number of fused-ring (bicyclic) bond motifs is 5. The van der Waals surface area contributed by atoms with E-state index < -0.39 is 0 Å². The first-order valence-electron chi connectivity index (χ1n) is 10.0. The van der Waals surface area contributed by atoms with Crippen LogP contribution < -0.4 is 18.9 Å². The van der Waals surface area contributed by atoms with E-state index in [-0.39, 0.29) is 6.04 Å². The van der Waals surface area contributed by atoms with Crippen molar-refractivity contribution in [2.24, 2.45) is 0 Å². The number of rotatable bonds is 5. The van der Waals surface area contributed by atoms with E-state index in [0.717, 1.165) is 47.9 Å². The summed E-state index contributed by atoms with van der Waals surface area (Å²) in [5.74, 6) is 3.85. The summed E-state index contributed by atoms with van der Waals surface area (Å²) in [6.07, 6.45) is 4.02. The van der Waals surface area contributed by atoms with Crippen LogP contribution in [0.4, 0.5) is 0 Å². The molecule has 3 heterocycles. The topological polar surface area (TPSA) is 40.2 Å². The number of alkyl halides is 1. The summed E-state index contributed by atoms with van der Waals surface area (Å²) in [4.78, 5) is 2.45. The highest BCUT2D eigenvalue weighted by molar-refractivity contribution is 6.17. The van der Waals surface area contributed by atoms with E-state index >= 15 is 0 Å². The third kappa shape index (κ3) is 2.99. The fourth-order valence-electron chi connectivity index (χ4n) is 4.50. The van der Waals surface area contributed by atoms with Gasteiger partial charge in [-0.15, -0.1) is 11.6 Å². The quantitative estimate of drug-likeness (QED) is 0.517. The zero-order chi connectivity index (χ0) is 20.0. The smallest absolute Gasteiger partial charge is 0.231 e. The van der Waals surface area contributed by atoms with Crippen molar-refractivity contribution in [2.45, 2.75) is 25.8 Å². The minimum atomic E-state index is 0.171. The van der Waals surface area contributed by atoms with Gasteiger partial charge in [-0.3, -0.25) is 0 Å². The highest BCUT2D eigenvalue weighted by Gasteiger charge is 2.34. The molecule has 0 unspecified atom stereocenters. The van der Waals surface area contributed by atoms with Crippen LogP contribution in [-0.4, -0.2) is 37.8 Å². The summed E-state index contributed by atoms with van der Waals surface area (Å²) < 4.78 is 23.0. The molecule has 0 saturated heterocycles. The van der Waals surface area contributed by atoms with Crippen LogP contribution in [0.5, 0.6) is 23.0 Å². The van der Waals surface area contributed by atoms with Crippen molar-refractivity contribution in [1.29, 1.82) is 0 Å². The van der Waals surface area contributed by atoms with Gasteiger partial charge in [0.15, 0.2) is 23.0 Å². The lowest BCUT2D eigenvalue weighted by molar-refractivity contribution is 0.174. The van der Waals surface area contributed by atoms with Crippen LogP contribution in [0.15, 0.2) is 24.3 Å². The maximum atomic E-state index is 6.15. The van der Waals surface area contributed by atoms with Crippen molar-refractivity contribution < 1.29 is 18.9 Å². The molecule has 0 aliphatic carbocycles. The molecule has 2 aromatic rings. The monoisotopic (exact) mass is 413 g/mol. The van der Waals surface area contributed by atoms with Crippen molar-refractivity contribution in [3.05, 3.63) is 46.5 Å². The van der Waals surface area contributed by atoms with Crippen molar-refractivity contribution in [1.82, 2.24) is 4.90 Å². The van der Waals surface area contributed by atoms with E-state index in [0.29, 0.717) is 19.3 Å². The number of ether oxygens (including phenoxy) is 4. The molecule has 0 aromatic heterocycles. The second-order valence-electron chi connectivity index (χ2n) is 7.50. The third-order valence-corrected chi connectivity index (χ3v) is 6.19. The van der Waals surface area contributed by atoms with Crippen molar-refractivity contribution in [2.75, 3.05) is 32.9 Å². The van der Waals surface area contributed by atoms with Crippen LogP contribution in [0.3, 0.4) is 0 Å². The maximum Gasteiger partial charge on any atom is 0.231 e. The van der Waals surface area contributed by atoms with E-state index in [1.165, 1.54) is 22.4 Å². The van der Waals surface area contributed by atoms with E-state index in [4.69, 9.17) is 30.5 Å². The Morgan fingerprint density at radius 2 is 2.03 bits per heavy atom. The number of nitrogens with zero attached hydrogens (tertiary/aromatic N) is 1. The summed E-state index contributed by atoms with van der Waals surface area (Å²) in [5, 5.41) is 0. The minimum Gasteiger partial charge on any atom is -0.493 e. The van der Waals surface area contributed by atoms with Gasteiger partial charge in [0.05, 0.1) is 19.8 Å². The molecule has 0 N–H and O–H groups in total. The molecule has 0 radical (unpaired) electrons. The summed E-state index contributed by atoms with van der Waals surface area (Å²) in [6.45, 7) is 4.05. The van der Waals surface area contributed by atoms with Gasteiger partial charge >= 0.3 is 0 Å². The van der Waals surface area contributed by atoms with Crippen LogP contribution in [0.1, 0.15) is 41.6 Å². The number of hydrogen-bond acceptors (Lipinski definition) is 5. The molecule has 0 saturated carbocycles. The molecule has 0 amide bonds. The molecule has 0 fully saturated rings. The van der Waals surface area contributed by atoms with Gasteiger partial charge in [0.2, 0.25) is 6.79 Å². The van der Waals surface area contributed by atoms with E-state index in [2.05, 4.69) is 36.1 Å². The molecule has 3 aliphatic heterocycles. The lowest BCUT2D eigenvalue weighted by atomic mass is 9.86. The Balaban J connectivity index is 1.61. The molecule has 3 aliphatic rings. The average Bonchev–Trinajstić information content (AvgIpc) is 3.20. The normalized spacial score (nSPS) is 18.5. The summed E-state index contributed by atoms with van der Waals surface area (Å²) in [7, 11) is 1.69. The highest BCUT2D eigenvalue weighted by atomic mass is 35.5. The molecule has 29 heavy (non-hydrogen) atoms. The Morgan fingerprint density at radius 3 is 2.83 bits per heavy atom. The molecule has 152 valence electrons. The molecule has 6 heteroatoms. The van der Waals surface area contributed by atoms with Gasteiger partial charge in [0.25, 0.3) is 0 Å². The zero-order valence-corrected chi connectivity index (χ0v) is 17.4. The van der Waals surface area contributed by atoms with Crippen molar-refractivity contribution in [3.8, 4) is 23.0 Å². The number of benzene rings is 2. The third-order valence-electron chi connectivity index (χ3n) is 5.92. The maximum absolute atomic E-state index is 6.15. The zero-order valence-electron chi connectivity index (χ0n) is 16.7. The predicted octanol–water partition coefficient (Wildman–Crippen LogP) is 4.86. The lowest BCUT2D eigenvalue weighted by Gasteiger charge is -2.42. The fourth-order valence-corrected chi connectivity index (χ4v) is 4.61. The Kier molecular flexibility index (Phi) is 4.70. The van der Waals surface area contributed by atoms with Crippen LogP contribution in [0.2, 0.25) is 0 Å². The molecule has 1 atom stereocenters. The Morgan fingerprint density at radius 1 is 1.21 bits per heavy atom. The molecular formula is C23H24ClNO4. The molecule has 0 spiro atoms. The van der Waals surface area contributed by atoms with Gasteiger partial charge in [0.1, 0.15) is 0 Å². The van der Waals surface area contributed by atoms with Crippen LogP contribution in [0, 0.1) is 0 Å². The van der Waals surface area contributed by atoms with Gasteiger partial charge in [-0.1, -0.05) is 6.07 Å². The van der Waals surface area contributed by atoms with Gasteiger partial charge in [-0.2, -0.15) is 0 Å². The first kappa shape index (κ1) is 18.5. The summed E-state index contributed by atoms with van der Waals surface area (Å²) in [5.41, 5.74) is 6.09. The molecule has 2 aromatic carbocycles. The van der Waals surface area contributed by atoms with Crippen LogP contribution in [0.25, 0.3) is 11.8 Å². The fraction of sp³-hybridized carbons (Fsp3) is 0.391. The first-order chi connectivity index (χ1) is 14.2. The minimum absolute atomic E-state index is 0.171. The summed E-state index contributed by atoms with van der Waals surface area (Å²) in [6, 6.07) is 8.52. The Hall–Kier alpha value is -2.53. The van der Waals surface area contributed by atoms with Crippen LogP contribution >= 0.6 is 11.6 Å². The molecule has 0 bridgehead atoms. The molecular weight excluding hydrogens is 390 g/mol. The lowest BCUT2D eigenvalue weighted by Crippen LogP contribution is -2.34. The van der Waals surface area contributed by atoms with Gasteiger partial charge in [-0.25, -0.2) is 0 Å². The number of hydrogen-bond donors (Lipinski definition) is 0.